The van der Waals surface area contributed by atoms with Crippen LogP contribution in [0.15, 0.2) is 16.8 Å². The summed E-state index contributed by atoms with van der Waals surface area (Å²) in [5, 5.41) is 7.87. The van der Waals surface area contributed by atoms with Gasteiger partial charge in [0.05, 0.1) is 0 Å². The first-order valence-electron chi connectivity index (χ1n) is 5.40. The molecule has 1 aliphatic carbocycles. The van der Waals surface area contributed by atoms with Crippen molar-refractivity contribution in [3.63, 3.8) is 0 Å². The second-order valence-electron chi connectivity index (χ2n) is 4.85. The summed E-state index contributed by atoms with van der Waals surface area (Å²) < 4.78 is 0. The summed E-state index contributed by atoms with van der Waals surface area (Å²) in [4.78, 5) is 0. The Morgan fingerprint density at radius 2 is 2.50 bits per heavy atom. The lowest BCUT2D eigenvalue weighted by atomic mass is 9.83. The SMILES string of the molecule is CNC1CCC(C)(Cc2ccsc2)C1. The van der Waals surface area contributed by atoms with Crippen LogP contribution in [0, 0.1) is 5.41 Å². The molecule has 0 bridgehead atoms. The van der Waals surface area contributed by atoms with Crippen molar-refractivity contribution in [3.05, 3.63) is 22.4 Å². The quantitative estimate of drug-likeness (QED) is 0.806. The Balaban J connectivity index is 1.97. The summed E-state index contributed by atoms with van der Waals surface area (Å²) in [6.07, 6.45) is 5.31. The standard InChI is InChI=1S/C12H19NS/c1-12(5-3-11(8-12)13-2)7-10-4-6-14-9-10/h4,6,9,11,13H,3,5,7-8H2,1-2H3. The third-order valence-corrected chi connectivity index (χ3v) is 4.19. The fraction of sp³-hybridized carbons (Fsp3) is 0.667. The summed E-state index contributed by atoms with van der Waals surface area (Å²) in [7, 11) is 2.08. The van der Waals surface area contributed by atoms with Gasteiger partial charge in [-0.1, -0.05) is 6.92 Å². The predicted octanol–water partition coefficient (Wildman–Crippen LogP) is 3.07. The average molecular weight is 209 g/mol. The Bertz CT molecular complexity index is 281. The summed E-state index contributed by atoms with van der Waals surface area (Å²) in [5.74, 6) is 0. The molecule has 2 heteroatoms. The highest BCUT2D eigenvalue weighted by Crippen LogP contribution is 2.40. The molecule has 2 unspecified atom stereocenters. The molecular formula is C12H19NS. The third-order valence-electron chi connectivity index (χ3n) is 3.45. The van der Waals surface area contributed by atoms with Crippen molar-refractivity contribution in [1.29, 1.82) is 0 Å². The van der Waals surface area contributed by atoms with E-state index in [0.717, 1.165) is 6.04 Å². The van der Waals surface area contributed by atoms with Crippen LogP contribution in [-0.4, -0.2) is 13.1 Å². The highest BCUT2D eigenvalue weighted by Gasteiger charge is 2.34. The first kappa shape index (κ1) is 10.2. The number of hydrogen-bond donors (Lipinski definition) is 1. The zero-order chi connectivity index (χ0) is 10.0. The van der Waals surface area contributed by atoms with Gasteiger partial charge in [0, 0.05) is 6.04 Å². The normalized spacial score (nSPS) is 32.3. The minimum atomic E-state index is 0.536. The van der Waals surface area contributed by atoms with Crippen molar-refractivity contribution in [2.75, 3.05) is 7.05 Å². The molecular weight excluding hydrogens is 190 g/mol. The maximum Gasteiger partial charge on any atom is 0.00695 e. The van der Waals surface area contributed by atoms with Crippen LogP contribution in [0.4, 0.5) is 0 Å². The lowest BCUT2D eigenvalue weighted by Crippen LogP contribution is -2.24. The van der Waals surface area contributed by atoms with E-state index in [1.807, 2.05) is 11.3 Å². The van der Waals surface area contributed by atoms with E-state index in [0.29, 0.717) is 5.41 Å². The fourth-order valence-corrected chi connectivity index (χ4v) is 3.28. The largest absolute Gasteiger partial charge is 0.317 e. The molecule has 78 valence electrons. The monoisotopic (exact) mass is 209 g/mol. The molecule has 0 saturated heterocycles. The molecule has 2 atom stereocenters. The van der Waals surface area contributed by atoms with Crippen molar-refractivity contribution < 1.29 is 0 Å². The smallest absolute Gasteiger partial charge is 0.00695 e. The summed E-state index contributed by atoms with van der Waals surface area (Å²) >= 11 is 1.81. The second kappa shape index (κ2) is 4.03. The molecule has 0 spiro atoms. The van der Waals surface area contributed by atoms with Crippen LogP contribution in [-0.2, 0) is 6.42 Å². The number of thiophene rings is 1. The van der Waals surface area contributed by atoms with Crippen molar-refractivity contribution in [2.45, 2.75) is 38.6 Å². The maximum absolute atomic E-state index is 3.40. The van der Waals surface area contributed by atoms with Crippen LogP contribution < -0.4 is 5.32 Å². The highest BCUT2D eigenvalue weighted by atomic mass is 32.1. The molecule has 14 heavy (non-hydrogen) atoms. The number of hydrogen-bond acceptors (Lipinski definition) is 2. The Kier molecular flexibility index (Phi) is 2.93. The zero-order valence-electron chi connectivity index (χ0n) is 9.05. The van der Waals surface area contributed by atoms with E-state index in [4.69, 9.17) is 0 Å². The Morgan fingerprint density at radius 1 is 1.64 bits per heavy atom. The molecule has 0 aliphatic heterocycles. The van der Waals surface area contributed by atoms with Gasteiger partial charge in [-0.05, 0) is 60.5 Å². The van der Waals surface area contributed by atoms with Gasteiger partial charge in [0.25, 0.3) is 0 Å². The minimum Gasteiger partial charge on any atom is -0.317 e. The molecule has 1 nitrogen and oxygen atoms in total. The second-order valence-corrected chi connectivity index (χ2v) is 5.63. The van der Waals surface area contributed by atoms with Crippen LogP contribution in [0.2, 0.25) is 0 Å². The lowest BCUT2D eigenvalue weighted by Gasteiger charge is -2.23. The van der Waals surface area contributed by atoms with Gasteiger partial charge in [0.15, 0.2) is 0 Å². The van der Waals surface area contributed by atoms with E-state index in [-0.39, 0.29) is 0 Å². The Morgan fingerprint density at radius 3 is 3.07 bits per heavy atom. The van der Waals surface area contributed by atoms with Crippen LogP contribution in [0.1, 0.15) is 31.7 Å². The molecule has 1 heterocycles. The van der Waals surface area contributed by atoms with E-state index in [1.165, 1.54) is 31.2 Å². The summed E-state index contributed by atoms with van der Waals surface area (Å²) in [6, 6.07) is 3.02. The van der Waals surface area contributed by atoms with Gasteiger partial charge >= 0.3 is 0 Å². The van der Waals surface area contributed by atoms with Crippen LogP contribution >= 0.6 is 11.3 Å². The lowest BCUT2D eigenvalue weighted by molar-refractivity contribution is 0.325. The predicted molar refractivity (Wildman–Crippen MR) is 62.8 cm³/mol. The fourth-order valence-electron chi connectivity index (χ4n) is 2.61. The van der Waals surface area contributed by atoms with Gasteiger partial charge in [-0.2, -0.15) is 11.3 Å². The molecule has 1 saturated carbocycles. The maximum atomic E-state index is 3.40. The zero-order valence-corrected chi connectivity index (χ0v) is 9.86. The molecule has 0 radical (unpaired) electrons. The van der Waals surface area contributed by atoms with Gasteiger partial charge in [0.1, 0.15) is 0 Å². The van der Waals surface area contributed by atoms with Gasteiger partial charge in [0.2, 0.25) is 0 Å². The van der Waals surface area contributed by atoms with Crippen molar-refractivity contribution in [3.8, 4) is 0 Å². The van der Waals surface area contributed by atoms with Crippen LogP contribution in [0.25, 0.3) is 0 Å². The molecule has 0 amide bonds. The van der Waals surface area contributed by atoms with Crippen LogP contribution in [0.5, 0.6) is 0 Å². The highest BCUT2D eigenvalue weighted by molar-refractivity contribution is 7.07. The van der Waals surface area contributed by atoms with Gasteiger partial charge < -0.3 is 5.32 Å². The number of nitrogens with one attached hydrogen (secondary N) is 1. The summed E-state index contributed by atoms with van der Waals surface area (Å²) in [5.41, 5.74) is 2.06. The molecule has 2 rings (SSSR count). The molecule has 1 aromatic heterocycles. The van der Waals surface area contributed by atoms with E-state index >= 15 is 0 Å². The molecule has 1 aliphatic rings. The first-order valence-corrected chi connectivity index (χ1v) is 6.34. The molecule has 1 aromatic rings. The van der Waals surface area contributed by atoms with Crippen molar-refractivity contribution in [1.82, 2.24) is 5.32 Å². The van der Waals surface area contributed by atoms with E-state index < -0.39 is 0 Å². The van der Waals surface area contributed by atoms with E-state index in [2.05, 4.69) is 36.1 Å². The van der Waals surface area contributed by atoms with E-state index in [1.54, 1.807) is 0 Å². The van der Waals surface area contributed by atoms with E-state index in [9.17, 15) is 0 Å². The topological polar surface area (TPSA) is 12.0 Å². The van der Waals surface area contributed by atoms with Gasteiger partial charge in [-0.15, -0.1) is 0 Å². The minimum absolute atomic E-state index is 0.536. The molecule has 1 fully saturated rings. The Labute approximate surface area is 90.5 Å². The third kappa shape index (κ3) is 2.18. The Hall–Kier alpha value is -0.340. The average Bonchev–Trinajstić information content (AvgIpc) is 2.76. The van der Waals surface area contributed by atoms with Gasteiger partial charge in [-0.25, -0.2) is 0 Å². The van der Waals surface area contributed by atoms with Crippen LogP contribution in [0.3, 0.4) is 0 Å². The summed E-state index contributed by atoms with van der Waals surface area (Å²) in [6.45, 7) is 2.43. The molecule has 0 aromatic carbocycles. The first-order chi connectivity index (χ1) is 6.72. The van der Waals surface area contributed by atoms with Gasteiger partial charge in [-0.3, -0.25) is 0 Å². The number of rotatable bonds is 3. The van der Waals surface area contributed by atoms with Crippen molar-refractivity contribution >= 4 is 11.3 Å². The molecule has 1 N–H and O–H groups in total. The van der Waals surface area contributed by atoms with Crippen molar-refractivity contribution in [2.24, 2.45) is 5.41 Å².